The maximum atomic E-state index is 12.1. The van der Waals surface area contributed by atoms with E-state index in [-0.39, 0.29) is 23.8 Å². The third-order valence-corrected chi connectivity index (χ3v) is 3.64. The lowest BCUT2D eigenvalue weighted by molar-refractivity contribution is -0.141. The molecule has 5 nitrogen and oxygen atoms in total. The van der Waals surface area contributed by atoms with Gasteiger partial charge in [-0.3, -0.25) is 9.59 Å². The monoisotopic (exact) mass is 265 g/mol. The van der Waals surface area contributed by atoms with E-state index in [1.165, 1.54) is 6.26 Å². The molecular weight excluding hydrogens is 246 g/mol. The fourth-order valence-corrected chi connectivity index (χ4v) is 2.55. The molecule has 2 rings (SSSR count). The molecule has 5 heteroatoms. The molecule has 0 bridgehead atoms. The van der Waals surface area contributed by atoms with Gasteiger partial charge in [0.25, 0.3) is 5.91 Å². The fourth-order valence-electron chi connectivity index (χ4n) is 2.55. The number of carboxylic acid groups (broad SMARTS) is 1. The summed E-state index contributed by atoms with van der Waals surface area (Å²) in [5.74, 6) is -0.808. The smallest absolute Gasteiger partial charge is 0.306 e. The molecule has 0 saturated heterocycles. The lowest BCUT2D eigenvalue weighted by Crippen LogP contribution is -2.33. The average molecular weight is 265 g/mol. The lowest BCUT2D eigenvalue weighted by Gasteiger charge is -2.12. The quantitative estimate of drug-likeness (QED) is 0.876. The first kappa shape index (κ1) is 13.6. The Kier molecular flexibility index (Phi) is 3.93. The van der Waals surface area contributed by atoms with Crippen LogP contribution >= 0.6 is 0 Å². The van der Waals surface area contributed by atoms with Gasteiger partial charge in [-0.05, 0) is 31.2 Å². The van der Waals surface area contributed by atoms with Crippen LogP contribution in [0.4, 0.5) is 0 Å². The van der Waals surface area contributed by atoms with E-state index in [1.54, 1.807) is 6.07 Å². The van der Waals surface area contributed by atoms with Crippen molar-refractivity contribution >= 4 is 11.9 Å². The number of rotatable bonds is 4. The summed E-state index contributed by atoms with van der Waals surface area (Å²) in [5, 5.41) is 11.8. The Morgan fingerprint density at radius 2 is 2.16 bits per heavy atom. The maximum absolute atomic E-state index is 12.1. The van der Waals surface area contributed by atoms with Crippen LogP contribution in [0.2, 0.25) is 0 Å². The van der Waals surface area contributed by atoms with Gasteiger partial charge in [0, 0.05) is 11.6 Å². The standard InChI is InChI=1S/C14H19NO4/c1-8(2)11-5-6-19-12(11)13(16)15-10-4-3-9(7-10)14(17)18/h5-6,8-10H,3-4,7H2,1-2H3,(H,15,16)(H,17,18)/t9-,10+/m1/s1. The Labute approximate surface area is 112 Å². The lowest BCUT2D eigenvalue weighted by atomic mass is 10.0. The molecule has 104 valence electrons. The summed E-state index contributed by atoms with van der Waals surface area (Å²) in [4.78, 5) is 23.0. The number of amides is 1. The van der Waals surface area contributed by atoms with E-state index in [1.807, 2.05) is 13.8 Å². The van der Waals surface area contributed by atoms with Gasteiger partial charge in [-0.1, -0.05) is 13.8 Å². The third-order valence-electron chi connectivity index (χ3n) is 3.64. The van der Waals surface area contributed by atoms with E-state index >= 15 is 0 Å². The van der Waals surface area contributed by atoms with Crippen LogP contribution in [0, 0.1) is 5.92 Å². The van der Waals surface area contributed by atoms with E-state index in [0.717, 1.165) is 5.56 Å². The molecule has 1 heterocycles. The highest BCUT2D eigenvalue weighted by Gasteiger charge is 2.31. The summed E-state index contributed by atoms with van der Waals surface area (Å²) in [6.07, 6.45) is 3.34. The molecule has 2 atom stereocenters. The minimum absolute atomic E-state index is 0.0706. The van der Waals surface area contributed by atoms with Gasteiger partial charge in [0.1, 0.15) is 0 Å². The molecule has 1 aliphatic rings. The molecule has 1 fully saturated rings. The minimum atomic E-state index is -0.780. The van der Waals surface area contributed by atoms with Crippen molar-refractivity contribution in [3.63, 3.8) is 0 Å². The summed E-state index contributed by atoms with van der Waals surface area (Å²) in [5.41, 5.74) is 0.880. The van der Waals surface area contributed by atoms with Crippen molar-refractivity contribution in [3.8, 4) is 0 Å². The number of nitrogens with one attached hydrogen (secondary N) is 1. The minimum Gasteiger partial charge on any atom is -0.481 e. The average Bonchev–Trinajstić information content (AvgIpc) is 2.96. The SMILES string of the molecule is CC(C)c1ccoc1C(=O)N[C@H]1CC[C@@H](C(=O)O)C1. The molecule has 1 saturated carbocycles. The van der Waals surface area contributed by atoms with Crippen molar-refractivity contribution in [3.05, 3.63) is 23.7 Å². The Bertz CT molecular complexity index is 478. The Morgan fingerprint density at radius 3 is 2.74 bits per heavy atom. The first-order chi connectivity index (χ1) is 8.99. The predicted octanol–water partition coefficient (Wildman–Crippen LogP) is 2.39. The van der Waals surface area contributed by atoms with Crippen molar-refractivity contribution in [1.82, 2.24) is 5.32 Å². The van der Waals surface area contributed by atoms with Crippen molar-refractivity contribution in [2.45, 2.75) is 45.1 Å². The zero-order chi connectivity index (χ0) is 14.0. The second-order valence-corrected chi connectivity index (χ2v) is 5.38. The van der Waals surface area contributed by atoms with Crippen LogP contribution in [0.15, 0.2) is 16.7 Å². The molecular formula is C14H19NO4. The number of furan rings is 1. The van der Waals surface area contributed by atoms with E-state index in [4.69, 9.17) is 9.52 Å². The zero-order valence-electron chi connectivity index (χ0n) is 11.2. The Hall–Kier alpha value is -1.78. The number of hydrogen-bond acceptors (Lipinski definition) is 3. The molecule has 2 N–H and O–H groups in total. The molecule has 19 heavy (non-hydrogen) atoms. The third kappa shape index (κ3) is 2.97. The van der Waals surface area contributed by atoms with Gasteiger partial charge in [0.15, 0.2) is 5.76 Å². The molecule has 0 radical (unpaired) electrons. The van der Waals surface area contributed by atoms with Crippen molar-refractivity contribution in [1.29, 1.82) is 0 Å². The van der Waals surface area contributed by atoms with Crippen LogP contribution in [0.25, 0.3) is 0 Å². The maximum Gasteiger partial charge on any atom is 0.306 e. The van der Waals surface area contributed by atoms with Gasteiger partial charge in [0.05, 0.1) is 12.2 Å². The Morgan fingerprint density at radius 1 is 1.42 bits per heavy atom. The number of aliphatic carboxylic acids is 1. The van der Waals surface area contributed by atoms with Crippen LogP contribution in [-0.2, 0) is 4.79 Å². The molecule has 0 unspecified atom stereocenters. The van der Waals surface area contributed by atoms with Gasteiger partial charge in [-0.2, -0.15) is 0 Å². The highest BCUT2D eigenvalue weighted by atomic mass is 16.4. The summed E-state index contributed by atoms with van der Waals surface area (Å²) in [6, 6.07) is 1.73. The van der Waals surface area contributed by atoms with Crippen LogP contribution in [0.1, 0.15) is 55.1 Å². The van der Waals surface area contributed by atoms with Gasteiger partial charge in [0.2, 0.25) is 0 Å². The second-order valence-electron chi connectivity index (χ2n) is 5.38. The highest BCUT2D eigenvalue weighted by molar-refractivity contribution is 5.93. The van der Waals surface area contributed by atoms with Gasteiger partial charge < -0.3 is 14.8 Å². The van der Waals surface area contributed by atoms with Crippen LogP contribution in [0.5, 0.6) is 0 Å². The molecule has 1 aliphatic carbocycles. The summed E-state index contributed by atoms with van der Waals surface area (Å²) in [6.45, 7) is 4.00. The second kappa shape index (κ2) is 5.47. The van der Waals surface area contributed by atoms with Gasteiger partial charge >= 0.3 is 5.97 Å². The molecule has 0 spiro atoms. The fraction of sp³-hybridized carbons (Fsp3) is 0.571. The van der Waals surface area contributed by atoms with Crippen molar-refractivity contribution in [2.24, 2.45) is 5.92 Å². The largest absolute Gasteiger partial charge is 0.481 e. The summed E-state index contributed by atoms with van der Waals surface area (Å²) < 4.78 is 5.24. The van der Waals surface area contributed by atoms with E-state index in [0.29, 0.717) is 25.0 Å². The van der Waals surface area contributed by atoms with E-state index in [2.05, 4.69) is 5.32 Å². The normalized spacial score (nSPS) is 22.7. The highest BCUT2D eigenvalue weighted by Crippen LogP contribution is 2.27. The van der Waals surface area contributed by atoms with Gasteiger partial charge in [-0.25, -0.2) is 0 Å². The number of carboxylic acids is 1. The summed E-state index contributed by atoms with van der Waals surface area (Å²) in [7, 11) is 0. The zero-order valence-corrected chi connectivity index (χ0v) is 11.2. The number of carbonyl (C=O) groups is 2. The predicted molar refractivity (Wildman–Crippen MR) is 69.0 cm³/mol. The Balaban J connectivity index is 1.98. The number of hydrogen-bond donors (Lipinski definition) is 2. The van der Waals surface area contributed by atoms with E-state index in [9.17, 15) is 9.59 Å². The molecule has 0 aromatic carbocycles. The van der Waals surface area contributed by atoms with Crippen molar-refractivity contribution < 1.29 is 19.1 Å². The van der Waals surface area contributed by atoms with Crippen LogP contribution in [0.3, 0.4) is 0 Å². The first-order valence-corrected chi connectivity index (χ1v) is 6.60. The van der Waals surface area contributed by atoms with Crippen LogP contribution < -0.4 is 5.32 Å². The first-order valence-electron chi connectivity index (χ1n) is 6.60. The van der Waals surface area contributed by atoms with Gasteiger partial charge in [-0.15, -0.1) is 0 Å². The van der Waals surface area contributed by atoms with Crippen LogP contribution in [-0.4, -0.2) is 23.0 Å². The summed E-state index contributed by atoms with van der Waals surface area (Å²) >= 11 is 0. The number of carbonyl (C=O) groups excluding carboxylic acids is 1. The molecule has 1 aromatic heterocycles. The molecule has 1 amide bonds. The van der Waals surface area contributed by atoms with E-state index < -0.39 is 5.97 Å². The molecule has 1 aromatic rings. The van der Waals surface area contributed by atoms with Crippen molar-refractivity contribution in [2.75, 3.05) is 0 Å². The topological polar surface area (TPSA) is 79.5 Å². The molecule has 0 aliphatic heterocycles.